The predicted octanol–water partition coefficient (Wildman–Crippen LogP) is 1.49. The number of hydrogen-bond acceptors (Lipinski definition) is 4. The highest BCUT2D eigenvalue weighted by molar-refractivity contribution is 5.68. The fourth-order valence-corrected chi connectivity index (χ4v) is 1.41. The molecule has 0 spiro atoms. The van der Waals surface area contributed by atoms with Gasteiger partial charge in [-0.15, -0.1) is 0 Å². The SMILES string of the molecule is CC(C)(C)OC(=O)N1C[C@H](N=[N+]=N)[C@@H](F)C1. The minimum atomic E-state index is -1.28. The van der Waals surface area contributed by atoms with Crippen molar-refractivity contribution in [2.75, 3.05) is 13.1 Å². The van der Waals surface area contributed by atoms with Gasteiger partial charge in [-0.3, -0.25) is 0 Å². The van der Waals surface area contributed by atoms with Crippen molar-refractivity contribution in [1.82, 2.24) is 9.81 Å². The Morgan fingerprint density at radius 3 is 2.69 bits per heavy atom. The lowest BCUT2D eigenvalue weighted by Gasteiger charge is -2.23. The molecule has 0 bridgehead atoms. The van der Waals surface area contributed by atoms with Crippen LogP contribution in [0.2, 0.25) is 0 Å². The molecule has 0 aromatic rings. The molecule has 0 unspecified atom stereocenters. The molecule has 6 nitrogen and oxygen atoms in total. The van der Waals surface area contributed by atoms with Crippen molar-refractivity contribution in [3.63, 3.8) is 0 Å². The summed E-state index contributed by atoms with van der Waals surface area (Å²) in [6, 6.07) is -0.745. The molecule has 90 valence electrons. The monoisotopic (exact) mass is 231 g/mol. The van der Waals surface area contributed by atoms with Gasteiger partial charge in [0, 0.05) is 0 Å². The van der Waals surface area contributed by atoms with E-state index in [-0.39, 0.29) is 13.1 Å². The van der Waals surface area contributed by atoms with Crippen LogP contribution >= 0.6 is 0 Å². The number of nitrogens with zero attached hydrogens (tertiary/aromatic N) is 3. The second-order valence-electron chi connectivity index (χ2n) is 4.68. The van der Waals surface area contributed by atoms with Crippen LogP contribution < -0.4 is 4.91 Å². The molecule has 0 radical (unpaired) electrons. The number of amides is 1. The van der Waals surface area contributed by atoms with Crippen LogP contribution in [0.25, 0.3) is 0 Å². The smallest absolute Gasteiger partial charge is 0.410 e. The number of rotatable bonds is 1. The summed E-state index contributed by atoms with van der Waals surface area (Å²) in [4.78, 5) is 15.6. The van der Waals surface area contributed by atoms with Gasteiger partial charge >= 0.3 is 6.09 Å². The molecule has 1 amide bonds. The predicted molar refractivity (Wildman–Crippen MR) is 53.8 cm³/mol. The first kappa shape index (κ1) is 12.6. The van der Waals surface area contributed by atoms with Crippen LogP contribution in [-0.4, -0.2) is 41.9 Å². The van der Waals surface area contributed by atoms with Gasteiger partial charge in [-0.2, -0.15) is 0 Å². The summed E-state index contributed by atoms with van der Waals surface area (Å²) < 4.78 is 18.4. The van der Waals surface area contributed by atoms with Crippen molar-refractivity contribution in [2.45, 2.75) is 38.6 Å². The van der Waals surface area contributed by atoms with E-state index >= 15 is 0 Å². The fraction of sp³-hybridized carbons (Fsp3) is 0.889. The van der Waals surface area contributed by atoms with Crippen LogP contribution in [0.1, 0.15) is 20.8 Å². The molecule has 1 saturated heterocycles. The number of hydrogen-bond donors (Lipinski definition) is 1. The highest BCUT2D eigenvalue weighted by Gasteiger charge is 2.40. The maximum atomic E-state index is 13.3. The lowest BCUT2D eigenvalue weighted by atomic mass is 10.2. The molecule has 0 aromatic carbocycles. The molecule has 0 aromatic heterocycles. The van der Waals surface area contributed by atoms with Crippen LogP contribution in [-0.2, 0) is 4.74 Å². The molecule has 1 N–H and O–H groups in total. The first-order valence-corrected chi connectivity index (χ1v) is 5.02. The summed E-state index contributed by atoms with van der Waals surface area (Å²) >= 11 is 0. The lowest BCUT2D eigenvalue weighted by molar-refractivity contribution is 0.0283. The van der Waals surface area contributed by atoms with E-state index in [9.17, 15) is 9.18 Å². The molecular weight excluding hydrogens is 215 g/mol. The van der Waals surface area contributed by atoms with Gasteiger partial charge in [-0.25, -0.2) is 9.18 Å². The van der Waals surface area contributed by atoms with Gasteiger partial charge in [0.05, 0.1) is 13.1 Å². The van der Waals surface area contributed by atoms with E-state index < -0.39 is 23.9 Å². The summed E-state index contributed by atoms with van der Waals surface area (Å²) in [7, 11) is 0. The van der Waals surface area contributed by atoms with Crippen LogP contribution in [0.15, 0.2) is 5.11 Å². The summed E-state index contributed by atoms with van der Waals surface area (Å²) in [5, 5.41) is 3.40. The van der Waals surface area contributed by atoms with Gasteiger partial charge in [0.15, 0.2) is 6.04 Å². The Hall–Kier alpha value is -1.49. The van der Waals surface area contributed by atoms with E-state index in [2.05, 4.69) is 10.0 Å². The van der Waals surface area contributed by atoms with Crippen LogP contribution in [0, 0.1) is 5.53 Å². The third-order valence-corrected chi connectivity index (χ3v) is 2.08. The number of likely N-dealkylation sites (tertiary alicyclic amines) is 1. The number of carbonyl (C=O) groups excluding carboxylic acids is 1. The van der Waals surface area contributed by atoms with Crippen molar-refractivity contribution in [2.24, 2.45) is 5.11 Å². The minimum Gasteiger partial charge on any atom is -0.444 e. The largest absolute Gasteiger partial charge is 0.444 e. The van der Waals surface area contributed by atoms with Gasteiger partial charge in [-0.1, -0.05) is 0 Å². The second-order valence-corrected chi connectivity index (χ2v) is 4.68. The Kier molecular flexibility index (Phi) is 3.59. The number of carbonyl (C=O) groups is 1. The molecule has 16 heavy (non-hydrogen) atoms. The van der Waals surface area contributed by atoms with Crippen molar-refractivity contribution >= 4 is 6.09 Å². The topological polar surface area (TPSA) is 79.8 Å². The van der Waals surface area contributed by atoms with E-state index in [0.717, 1.165) is 0 Å². The second kappa shape index (κ2) is 4.57. The Labute approximate surface area is 93.0 Å². The summed E-state index contributed by atoms with van der Waals surface area (Å²) in [5.74, 6) is 0. The zero-order valence-corrected chi connectivity index (χ0v) is 9.61. The van der Waals surface area contributed by atoms with E-state index in [4.69, 9.17) is 10.3 Å². The van der Waals surface area contributed by atoms with Crippen molar-refractivity contribution in [3.8, 4) is 0 Å². The maximum absolute atomic E-state index is 13.3. The molecule has 1 rings (SSSR count). The molecule has 1 heterocycles. The molecule has 0 aliphatic carbocycles. The van der Waals surface area contributed by atoms with Crippen LogP contribution in [0.3, 0.4) is 0 Å². The first-order chi connectivity index (χ1) is 7.33. The van der Waals surface area contributed by atoms with Gasteiger partial charge in [0.2, 0.25) is 4.91 Å². The zero-order valence-electron chi connectivity index (χ0n) is 9.61. The number of alkyl halides is 1. The Morgan fingerprint density at radius 2 is 2.19 bits per heavy atom. The van der Waals surface area contributed by atoms with Gasteiger partial charge in [0.1, 0.15) is 22.4 Å². The van der Waals surface area contributed by atoms with Gasteiger partial charge in [0.25, 0.3) is 0 Å². The van der Waals surface area contributed by atoms with Gasteiger partial charge in [-0.05, 0) is 20.8 Å². The third-order valence-electron chi connectivity index (χ3n) is 2.08. The molecule has 1 aliphatic rings. The zero-order chi connectivity index (χ0) is 12.3. The lowest BCUT2D eigenvalue weighted by Crippen LogP contribution is -2.35. The Bertz CT molecular complexity index is 322. The highest BCUT2D eigenvalue weighted by Crippen LogP contribution is 2.19. The highest BCUT2D eigenvalue weighted by atomic mass is 19.1. The van der Waals surface area contributed by atoms with E-state index in [0.29, 0.717) is 0 Å². The van der Waals surface area contributed by atoms with Gasteiger partial charge < -0.3 is 9.64 Å². The number of halogens is 1. The normalized spacial score (nSPS) is 25.1. The van der Waals surface area contributed by atoms with Crippen LogP contribution in [0.4, 0.5) is 9.18 Å². The number of nitrogens with one attached hydrogen (secondary N) is 1. The van der Waals surface area contributed by atoms with Crippen molar-refractivity contribution in [3.05, 3.63) is 0 Å². The Morgan fingerprint density at radius 1 is 1.56 bits per heavy atom. The summed E-state index contributed by atoms with van der Waals surface area (Å²) in [6.07, 6.45) is -1.83. The summed E-state index contributed by atoms with van der Waals surface area (Å²) in [5.41, 5.74) is 5.93. The molecular formula is C9H16FN4O2+. The molecule has 1 fully saturated rings. The van der Waals surface area contributed by atoms with Crippen LogP contribution in [0.5, 0.6) is 0 Å². The molecule has 2 atom stereocenters. The average Bonchev–Trinajstić information content (AvgIpc) is 2.46. The average molecular weight is 231 g/mol. The van der Waals surface area contributed by atoms with E-state index in [1.54, 1.807) is 20.8 Å². The first-order valence-electron chi connectivity index (χ1n) is 5.02. The molecule has 1 aliphatic heterocycles. The minimum absolute atomic E-state index is 0.0569. The quantitative estimate of drug-likeness (QED) is 0.548. The maximum Gasteiger partial charge on any atom is 0.410 e. The Balaban J connectivity index is 2.58. The van der Waals surface area contributed by atoms with Crippen molar-refractivity contribution in [1.29, 1.82) is 5.53 Å². The van der Waals surface area contributed by atoms with Crippen molar-refractivity contribution < 1.29 is 13.9 Å². The van der Waals surface area contributed by atoms with E-state index in [1.165, 1.54) is 4.90 Å². The standard InChI is InChI=1S/C9H16FN4O2/c1-9(2,3)16-8(15)14-4-6(10)7(5-14)12-13-11/h6-7,11H,4-5H2,1-3H3/q+1/t6-,7-/m0/s1. The number of ether oxygens (including phenoxy) is 1. The molecule has 0 saturated carbocycles. The molecule has 7 heteroatoms. The third kappa shape index (κ3) is 3.27. The summed E-state index contributed by atoms with van der Waals surface area (Å²) in [6.45, 7) is 5.29. The fourth-order valence-electron chi connectivity index (χ4n) is 1.41. The van der Waals surface area contributed by atoms with E-state index in [1.807, 2.05) is 0 Å².